The number of aromatic nitrogens is 1. The summed E-state index contributed by atoms with van der Waals surface area (Å²) >= 11 is 0. The average Bonchev–Trinajstić information content (AvgIpc) is 3.13. The summed E-state index contributed by atoms with van der Waals surface area (Å²) in [6.07, 6.45) is 4.06. The summed E-state index contributed by atoms with van der Waals surface area (Å²) in [6, 6.07) is 10.4. The first-order valence-corrected chi connectivity index (χ1v) is 6.68. The minimum Gasteiger partial charge on any atom is -0.447 e. The zero-order chi connectivity index (χ0) is 12.8. The van der Waals surface area contributed by atoms with E-state index in [0.717, 1.165) is 30.1 Å². The molecule has 1 unspecified atom stereocenters. The molecule has 2 aromatic rings. The molecule has 3 heteroatoms. The summed E-state index contributed by atoms with van der Waals surface area (Å²) in [4.78, 5) is 4.53. The van der Waals surface area contributed by atoms with Crippen LogP contribution in [0.5, 0.6) is 0 Å². The molecule has 18 heavy (non-hydrogen) atoms. The Kier molecular flexibility index (Phi) is 4.53. The molecule has 2 heterocycles. The van der Waals surface area contributed by atoms with Crippen molar-refractivity contribution in [3.8, 4) is 11.3 Å². The van der Waals surface area contributed by atoms with E-state index in [2.05, 4.69) is 10.3 Å². The van der Waals surface area contributed by atoms with E-state index in [9.17, 15) is 0 Å². The maximum Gasteiger partial charge on any atom is 0.211 e. The van der Waals surface area contributed by atoms with Gasteiger partial charge in [0, 0.05) is 5.56 Å². The molecule has 0 bridgehead atoms. The Balaban J connectivity index is 0.000000574. The fourth-order valence-corrected chi connectivity index (χ4v) is 2.08. The number of hydrogen-bond donors (Lipinski definition) is 1. The predicted octanol–water partition coefficient (Wildman–Crippen LogP) is 3.79. The number of nitrogens with zero attached hydrogens (tertiary/aromatic N) is 1. The molecule has 3 nitrogen and oxygen atoms in total. The Hall–Kier alpha value is -1.61. The first-order chi connectivity index (χ1) is 8.93. The predicted molar refractivity (Wildman–Crippen MR) is 73.3 cm³/mol. The van der Waals surface area contributed by atoms with Crippen LogP contribution in [0.4, 0.5) is 0 Å². The lowest BCUT2D eigenvalue weighted by atomic mass is 10.2. The lowest BCUT2D eigenvalue weighted by Crippen LogP contribution is -2.12. The number of hydrogen-bond acceptors (Lipinski definition) is 3. The first-order valence-electron chi connectivity index (χ1n) is 6.68. The summed E-state index contributed by atoms with van der Waals surface area (Å²) in [5, 5.41) is 3.38. The molecule has 1 fully saturated rings. The minimum absolute atomic E-state index is 0.303. The van der Waals surface area contributed by atoms with Gasteiger partial charge < -0.3 is 9.73 Å². The second-order valence-corrected chi connectivity index (χ2v) is 4.09. The molecule has 0 amide bonds. The third kappa shape index (κ3) is 2.79. The fraction of sp³-hybridized carbons (Fsp3) is 0.400. The molecule has 1 N–H and O–H groups in total. The molecule has 1 aliphatic heterocycles. The van der Waals surface area contributed by atoms with Crippen molar-refractivity contribution in [3.05, 3.63) is 42.5 Å². The van der Waals surface area contributed by atoms with Gasteiger partial charge in [-0.3, -0.25) is 0 Å². The monoisotopic (exact) mass is 244 g/mol. The van der Waals surface area contributed by atoms with E-state index in [1.807, 2.05) is 44.2 Å². The van der Waals surface area contributed by atoms with Gasteiger partial charge in [0.25, 0.3) is 0 Å². The molecule has 0 saturated carbocycles. The highest BCUT2D eigenvalue weighted by Crippen LogP contribution is 2.25. The molecular formula is C15H20N2O. The van der Waals surface area contributed by atoms with Crippen LogP contribution in [0, 0.1) is 0 Å². The highest BCUT2D eigenvalue weighted by molar-refractivity contribution is 5.57. The summed E-state index contributed by atoms with van der Waals surface area (Å²) < 4.78 is 5.53. The van der Waals surface area contributed by atoms with E-state index in [1.54, 1.807) is 6.26 Å². The second-order valence-electron chi connectivity index (χ2n) is 4.09. The van der Waals surface area contributed by atoms with Crippen molar-refractivity contribution < 1.29 is 4.42 Å². The van der Waals surface area contributed by atoms with E-state index in [1.165, 1.54) is 6.42 Å². The SMILES string of the molecule is CC.c1ccc(-c2coc(C3CCCN3)n2)cc1. The number of rotatable bonds is 2. The molecular weight excluding hydrogens is 224 g/mol. The zero-order valence-corrected chi connectivity index (χ0v) is 11.0. The molecule has 0 aliphatic carbocycles. The maximum absolute atomic E-state index is 5.53. The molecule has 1 aromatic carbocycles. The van der Waals surface area contributed by atoms with Gasteiger partial charge in [-0.1, -0.05) is 44.2 Å². The molecule has 1 atom stereocenters. The van der Waals surface area contributed by atoms with Gasteiger partial charge in [-0.05, 0) is 19.4 Å². The summed E-state index contributed by atoms with van der Waals surface area (Å²) in [6.45, 7) is 5.06. The van der Waals surface area contributed by atoms with Crippen molar-refractivity contribution in [2.24, 2.45) is 0 Å². The van der Waals surface area contributed by atoms with Crippen molar-refractivity contribution in [2.45, 2.75) is 32.7 Å². The van der Waals surface area contributed by atoms with E-state index < -0.39 is 0 Å². The van der Waals surface area contributed by atoms with Crippen LogP contribution in [0.1, 0.15) is 38.6 Å². The van der Waals surface area contributed by atoms with Gasteiger partial charge in [0.05, 0.1) is 6.04 Å². The highest BCUT2D eigenvalue weighted by atomic mass is 16.3. The first kappa shape index (κ1) is 12.8. The van der Waals surface area contributed by atoms with Gasteiger partial charge >= 0.3 is 0 Å². The van der Waals surface area contributed by atoms with Crippen LogP contribution in [-0.2, 0) is 0 Å². The van der Waals surface area contributed by atoms with Gasteiger partial charge in [0.2, 0.25) is 5.89 Å². The van der Waals surface area contributed by atoms with Crippen LogP contribution in [-0.4, -0.2) is 11.5 Å². The third-order valence-electron chi connectivity index (χ3n) is 2.95. The van der Waals surface area contributed by atoms with Crippen LogP contribution in [0.3, 0.4) is 0 Å². The van der Waals surface area contributed by atoms with Crippen molar-refractivity contribution in [2.75, 3.05) is 6.54 Å². The molecule has 0 spiro atoms. The number of nitrogens with one attached hydrogen (secondary N) is 1. The summed E-state index contributed by atoms with van der Waals surface area (Å²) in [5.41, 5.74) is 2.03. The Bertz CT molecular complexity index is 458. The molecule has 0 radical (unpaired) electrons. The van der Waals surface area contributed by atoms with Crippen LogP contribution >= 0.6 is 0 Å². The zero-order valence-electron chi connectivity index (χ0n) is 11.0. The van der Waals surface area contributed by atoms with Crippen LogP contribution in [0.25, 0.3) is 11.3 Å². The Morgan fingerprint density at radius 2 is 2.00 bits per heavy atom. The van der Waals surface area contributed by atoms with Gasteiger partial charge in [-0.25, -0.2) is 4.98 Å². The Morgan fingerprint density at radius 1 is 1.22 bits per heavy atom. The average molecular weight is 244 g/mol. The fourth-order valence-electron chi connectivity index (χ4n) is 2.08. The topological polar surface area (TPSA) is 38.1 Å². The highest BCUT2D eigenvalue weighted by Gasteiger charge is 2.21. The molecule has 1 aromatic heterocycles. The van der Waals surface area contributed by atoms with Crippen LogP contribution < -0.4 is 5.32 Å². The minimum atomic E-state index is 0.303. The maximum atomic E-state index is 5.53. The van der Waals surface area contributed by atoms with Crippen LogP contribution in [0.2, 0.25) is 0 Å². The molecule has 1 aliphatic rings. The van der Waals surface area contributed by atoms with Crippen molar-refractivity contribution >= 4 is 0 Å². The van der Waals surface area contributed by atoms with Crippen LogP contribution in [0.15, 0.2) is 41.0 Å². The third-order valence-corrected chi connectivity index (χ3v) is 2.95. The van der Waals surface area contributed by atoms with Crippen molar-refractivity contribution in [1.29, 1.82) is 0 Å². The summed E-state index contributed by atoms with van der Waals surface area (Å²) in [5.74, 6) is 0.816. The molecule has 96 valence electrons. The van der Waals surface area contributed by atoms with Gasteiger partial charge in [-0.2, -0.15) is 0 Å². The van der Waals surface area contributed by atoms with Crippen molar-refractivity contribution in [3.63, 3.8) is 0 Å². The van der Waals surface area contributed by atoms with Crippen molar-refractivity contribution in [1.82, 2.24) is 10.3 Å². The van der Waals surface area contributed by atoms with E-state index in [4.69, 9.17) is 4.42 Å². The largest absolute Gasteiger partial charge is 0.447 e. The normalized spacial score (nSPS) is 18.2. The van der Waals surface area contributed by atoms with Gasteiger partial charge in [0.15, 0.2) is 0 Å². The smallest absolute Gasteiger partial charge is 0.211 e. The van der Waals surface area contributed by atoms with E-state index >= 15 is 0 Å². The molecule has 3 rings (SSSR count). The van der Waals surface area contributed by atoms with E-state index in [0.29, 0.717) is 6.04 Å². The second kappa shape index (κ2) is 6.36. The molecule has 1 saturated heterocycles. The Labute approximate surface area is 108 Å². The summed E-state index contributed by atoms with van der Waals surface area (Å²) in [7, 11) is 0. The van der Waals surface area contributed by atoms with E-state index in [-0.39, 0.29) is 0 Å². The lowest BCUT2D eigenvalue weighted by molar-refractivity contribution is 0.429. The quantitative estimate of drug-likeness (QED) is 0.873. The standard InChI is InChI=1S/C13H14N2O.C2H6/c1-2-5-10(6-3-1)12-9-16-13(15-12)11-7-4-8-14-11;1-2/h1-3,5-6,9,11,14H,4,7-8H2;1-2H3. The number of benzene rings is 1. The lowest BCUT2D eigenvalue weighted by Gasteiger charge is -2.02. The Morgan fingerprint density at radius 3 is 2.67 bits per heavy atom. The van der Waals surface area contributed by atoms with Gasteiger partial charge in [0.1, 0.15) is 12.0 Å². The number of oxazole rings is 1. The van der Waals surface area contributed by atoms with Gasteiger partial charge in [-0.15, -0.1) is 0 Å².